The summed E-state index contributed by atoms with van der Waals surface area (Å²) < 4.78 is 7.27. The monoisotopic (exact) mass is 281 g/mol. The summed E-state index contributed by atoms with van der Waals surface area (Å²) in [6, 6.07) is 9.65. The molecule has 0 radical (unpaired) electrons. The van der Waals surface area contributed by atoms with E-state index >= 15 is 0 Å². The Kier molecular flexibility index (Phi) is 2.77. The third-order valence-electron chi connectivity index (χ3n) is 3.81. The summed E-state index contributed by atoms with van der Waals surface area (Å²) in [7, 11) is 0. The lowest BCUT2D eigenvalue weighted by Crippen LogP contribution is -2.32. The zero-order valence-corrected chi connectivity index (χ0v) is 11.5. The molecule has 1 saturated carbocycles. The molecule has 0 bridgehead atoms. The van der Waals surface area contributed by atoms with Crippen molar-refractivity contribution in [2.75, 3.05) is 0 Å². The molecule has 0 unspecified atom stereocenters. The first kappa shape index (κ1) is 12.2. The molecular formula is C16H15N3O2. The van der Waals surface area contributed by atoms with E-state index in [0.29, 0.717) is 18.3 Å². The number of carbonyl (C=O) groups excluding carboxylic acids is 1. The van der Waals surface area contributed by atoms with Crippen LogP contribution >= 0.6 is 0 Å². The number of carbonyl (C=O) groups is 1. The molecule has 3 aromatic heterocycles. The molecule has 0 aliphatic heterocycles. The van der Waals surface area contributed by atoms with Crippen LogP contribution in [-0.4, -0.2) is 26.2 Å². The van der Waals surface area contributed by atoms with Crippen molar-refractivity contribution in [2.24, 2.45) is 0 Å². The predicted molar refractivity (Wildman–Crippen MR) is 76.8 cm³/mol. The van der Waals surface area contributed by atoms with E-state index in [4.69, 9.17) is 4.42 Å². The van der Waals surface area contributed by atoms with Crippen LogP contribution in [0.4, 0.5) is 0 Å². The van der Waals surface area contributed by atoms with Gasteiger partial charge in [-0.3, -0.25) is 4.79 Å². The van der Waals surface area contributed by atoms with E-state index in [1.165, 1.54) is 6.26 Å². The van der Waals surface area contributed by atoms with Crippen LogP contribution in [0.25, 0.3) is 5.65 Å². The van der Waals surface area contributed by atoms with Gasteiger partial charge < -0.3 is 13.7 Å². The van der Waals surface area contributed by atoms with Crippen molar-refractivity contribution in [3.05, 3.63) is 60.4 Å². The molecule has 1 aliphatic rings. The molecule has 3 aromatic rings. The van der Waals surface area contributed by atoms with Crippen LogP contribution in [0.5, 0.6) is 0 Å². The molecule has 1 aliphatic carbocycles. The lowest BCUT2D eigenvalue weighted by Gasteiger charge is -2.21. The summed E-state index contributed by atoms with van der Waals surface area (Å²) in [4.78, 5) is 18.8. The maximum Gasteiger partial charge on any atom is 0.290 e. The Labute approximate surface area is 121 Å². The minimum Gasteiger partial charge on any atom is -0.459 e. The molecule has 5 heteroatoms. The Morgan fingerprint density at radius 3 is 3.00 bits per heavy atom. The highest BCUT2D eigenvalue weighted by Crippen LogP contribution is 2.30. The summed E-state index contributed by atoms with van der Waals surface area (Å²) in [6.07, 6.45) is 7.46. The van der Waals surface area contributed by atoms with Crippen molar-refractivity contribution < 1.29 is 9.21 Å². The van der Waals surface area contributed by atoms with Crippen LogP contribution < -0.4 is 0 Å². The van der Waals surface area contributed by atoms with Gasteiger partial charge in [-0.05, 0) is 37.1 Å². The maximum atomic E-state index is 12.6. The van der Waals surface area contributed by atoms with Gasteiger partial charge >= 0.3 is 0 Å². The molecule has 0 atom stereocenters. The second kappa shape index (κ2) is 4.77. The van der Waals surface area contributed by atoms with Crippen LogP contribution in [0, 0.1) is 0 Å². The number of fused-ring (bicyclic) bond motifs is 1. The first-order chi connectivity index (χ1) is 10.3. The van der Waals surface area contributed by atoms with Gasteiger partial charge in [-0.25, -0.2) is 4.98 Å². The quantitative estimate of drug-likeness (QED) is 0.739. The Morgan fingerprint density at radius 2 is 2.24 bits per heavy atom. The third-order valence-corrected chi connectivity index (χ3v) is 3.81. The average Bonchev–Trinajstić information content (AvgIpc) is 3.05. The van der Waals surface area contributed by atoms with Gasteiger partial charge in [0.15, 0.2) is 5.76 Å². The van der Waals surface area contributed by atoms with E-state index in [1.54, 1.807) is 12.1 Å². The van der Waals surface area contributed by atoms with E-state index in [-0.39, 0.29) is 5.91 Å². The summed E-state index contributed by atoms with van der Waals surface area (Å²) in [5, 5.41) is 0. The topological polar surface area (TPSA) is 50.8 Å². The highest BCUT2D eigenvalue weighted by molar-refractivity contribution is 5.91. The molecule has 106 valence electrons. The van der Waals surface area contributed by atoms with Crippen LogP contribution in [-0.2, 0) is 6.54 Å². The largest absolute Gasteiger partial charge is 0.459 e. The summed E-state index contributed by atoms with van der Waals surface area (Å²) in [5.41, 5.74) is 1.91. The van der Waals surface area contributed by atoms with Gasteiger partial charge in [0, 0.05) is 12.2 Å². The second-order valence-corrected chi connectivity index (χ2v) is 5.32. The molecule has 1 amide bonds. The van der Waals surface area contributed by atoms with Gasteiger partial charge in [0.1, 0.15) is 5.65 Å². The lowest BCUT2D eigenvalue weighted by molar-refractivity contribution is 0.0695. The first-order valence-corrected chi connectivity index (χ1v) is 7.08. The number of aromatic nitrogens is 2. The molecule has 0 spiro atoms. The van der Waals surface area contributed by atoms with Crippen molar-refractivity contribution in [2.45, 2.75) is 25.4 Å². The molecule has 1 fully saturated rings. The van der Waals surface area contributed by atoms with Crippen molar-refractivity contribution >= 4 is 11.6 Å². The Balaban J connectivity index is 1.65. The molecule has 3 heterocycles. The van der Waals surface area contributed by atoms with Gasteiger partial charge in [0.25, 0.3) is 5.91 Å². The second-order valence-electron chi connectivity index (χ2n) is 5.32. The van der Waals surface area contributed by atoms with Crippen LogP contribution in [0.1, 0.15) is 29.1 Å². The number of rotatable bonds is 4. The Morgan fingerprint density at radius 1 is 1.33 bits per heavy atom. The molecule has 4 rings (SSSR count). The van der Waals surface area contributed by atoms with Crippen LogP contribution in [0.15, 0.2) is 53.4 Å². The number of amides is 1. The normalized spacial score (nSPS) is 14.5. The molecule has 21 heavy (non-hydrogen) atoms. The Bertz CT molecular complexity index is 772. The number of pyridine rings is 1. The van der Waals surface area contributed by atoms with Crippen molar-refractivity contribution in [1.29, 1.82) is 0 Å². The van der Waals surface area contributed by atoms with Crippen LogP contribution in [0.3, 0.4) is 0 Å². The minimum atomic E-state index is -0.0478. The summed E-state index contributed by atoms with van der Waals surface area (Å²) in [6.45, 7) is 0.551. The van der Waals surface area contributed by atoms with Gasteiger partial charge in [0.05, 0.1) is 24.7 Å². The average molecular weight is 281 g/mol. The number of hydrogen-bond acceptors (Lipinski definition) is 3. The first-order valence-electron chi connectivity index (χ1n) is 7.08. The number of nitrogens with zero attached hydrogens (tertiary/aromatic N) is 3. The van der Waals surface area contributed by atoms with E-state index in [1.807, 2.05) is 39.9 Å². The lowest BCUT2D eigenvalue weighted by atomic mass is 10.3. The van der Waals surface area contributed by atoms with Crippen molar-refractivity contribution in [1.82, 2.24) is 14.3 Å². The minimum absolute atomic E-state index is 0.0478. The smallest absolute Gasteiger partial charge is 0.290 e. The number of imidazole rings is 1. The standard InChI is InChI=1S/C16H15N3O2/c20-16(14-4-3-9-21-14)19(12-6-7-12)11-13-10-17-15-5-1-2-8-18(13)15/h1-5,8-10,12H,6-7,11H2. The fourth-order valence-corrected chi connectivity index (χ4v) is 2.57. The van der Waals surface area contributed by atoms with Crippen molar-refractivity contribution in [3.63, 3.8) is 0 Å². The molecular weight excluding hydrogens is 266 g/mol. The Hall–Kier alpha value is -2.56. The van der Waals surface area contributed by atoms with E-state index in [2.05, 4.69) is 4.98 Å². The summed E-state index contributed by atoms with van der Waals surface area (Å²) in [5.74, 6) is 0.351. The SMILES string of the molecule is O=C(c1ccco1)N(Cc1cnc2ccccn12)C1CC1. The van der Waals surface area contributed by atoms with E-state index in [0.717, 1.165) is 24.2 Å². The molecule has 0 saturated heterocycles. The maximum absolute atomic E-state index is 12.6. The zero-order valence-electron chi connectivity index (χ0n) is 11.5. The van der Waals surface area contributed by atoms with Gasteiger partial charge in [-0.15, -0.1) is 0 Å². The molecule has 5 nitrogen and oxygen atoms in total. The van der Waals surface area contributed by atoms with Gasteiger partial charge in [-0.1, -0.05) is 6.07 Å². The van der Waals surface area contributed by atoms with Gasteiger partial charge in [0.2, 0.25) is 0 Å². The number of furan rings is 1. The highest BCUT2D eigenvalue weighted by atomic mass is 16.3. The van der Waals surface area contributed by atoms with Crippen molar-refractivity contribution in [3.8, 4) is 0 Å². The fourth-order valence-electron chi connectivity index (χ4n) is 2.57. The van der Waals surface area contributed by atoms with E-state index in [9.17, 15) is 4.79 Å². The van der Waals surface area contributed by atoms with Crippen LogP contribution in [0.2, 0.25) is 0 Å². The summed E-state index contributed by atoms with van der Waals surface area (Å²) >= 11 is 0. The molecule has 0 N–H and O–H groups in total. The highest BCUT2D eigenvalue weighted by Gasteiger charge is 2.34. The van der Waals surface area contributed by atoms with E-state index < -0.39 is 0 Å². The fraction of sp³-hybridized carbons (Fsp3) is 0.250. The number of hydrogen-bond donors (Lipinski definition) is 0. The zero-order chi connectivity index (χ0) is 14.2. The third kappa shape index (κ3) is 2.20. The predicted octanol–water partition coefficient (Wildman–Crippen LogP) is 2.73. The molecule has 0 aromatic carbocycles. The van der Waals surface area contributed by atoms with Gasteiger partial charge in [-0.2, -0.15) is 0 Å².